The number of amides is 3. The average Bonchev–Trinajstić information content (AvgIpc) is 2.56. The molecule has 1 atom stereocenters. The van der Waals surface area contributed by atoms with Crippen molar-refractivity contribution < 1.29 is 9.59 Å². The predicted molar refractivity (Wildman–Crippen MR) is 84.3 cm³/mol. The average molecular weight is 404 g/mol. The van der Waals surface area contributed by atoms with E-state index in [1.54, 1.807) is 7.05 Å². The molecule has 0 aliphatic carbocycles. The summed E-state index contributed by atoms with van der Waals surface area (Å²) in [4.78, 5) is 27.6. The van der Waals surface area contributed by atoms with Gasteiger partial charge < -0.3 is 4.90 Å². The molecule has 20 heavy (non-hydrogen) atoms. The van der Waals surface area contributed by atoms with Crippen molar-refractivity contribution in [2.24, 2.45) is 5.92 Å². The summed E-state index contributed by atoms with van der Waals surface area (Å²) in [5.41, 5.74) is -0.137. The Labute approximate surface area is 135 Å². The van der Waals surface area contributed by atoms with Gasteiger partial charge in [0.15, 0.2) is 5.54 Å². The fourth-order valence-electron chi connectivity index (χ4n) is 2.88. The lowest BCUT2D eigenvalue weighted by Gasteiger charge is -2.37. The minimum absolute atomic E-state index is 0.0398. The van der Waals surface area contributed by atoms with Crippen LogP contribution in [0.5, 0.6) is 0 Å². The Morgan fingerprint density at radius 1 is 1.10 bits per heavy atom. The lowest BCUT2D eigenvalue weighted by Crippen LogP contribution is -2.49. The van der Waals surface area contributed by atoms with Crippen molar-refractivity contribution in [2.75, 3.05) is 14.1 Å². The Kier molecular flexibility index (Phi) is 3.99. The number of hydrogen-bond donors (Lipinski definition) is 0. The van der Waals surface area contributed by atoms with E-state index in [0.717, 1.165) is 14.5 Å². The van der Waals surface area contributed by atoms with Gasteiger partial charge in [0.05, 0.1) is 0 Å². The minimum atomic E-state index is -0.949. The molecule has 0 N–H and O–H groups in total. The van der Waals surface area contributed by atoms with Gasteiger partial charge in [-0.1, -0.05) is 19.9 Å². The molecule has 0 saturated carbocycles. The number of likely N-dealkylation sites (N-methyl/N-ethyl adjacent to an activating group) is 2. The second kappa shape index (κ2) is 5.15. The summed E-state index contributed by atoms with van der Waals surface area (Å²) in [6, 6.07) is 5.39. The first-order valence-electron chi connectivity index (χ1n) is 6.26. The van der Waals surface area contributed by atoms with Crippen LogP contribution in [0.1, 0.15) is 19.4 Å². The van der Waals surface area contributed by atoms with Crippen LogP contribution >= 0.6 is 31.9 Å². The van der Waals surface area contributed by atoms with E-state index in [-0.39, 0.29) is 17.9 Å². The molecule has 1 aliphatic heterocycles. The maximum absolute atomic E-state index is 12.7. The molecule has 0 bridgehead atoms. The van der Waals surface area contributed by atoms with Crippen LogP contribution in [0.15, 0.2) is 27.1 Å². The zero-order valence-electron chi connectivity index (χ0n) is 11.8. The molecule has 0 aromatic heterocycles. The van der Waals surface area contributed by atoms with E-state index >= 15 is 0 Å². The highest BCUT2D eigenvalue weighted by molar-refractivity contribution is 9.13. The first-order valence-corrected chi connectivity index (χ1v) is 7.84. The summed E-state index contributed by atoms with van der Waals surface area (Å²) in [5, 5.41) is 0. The molecule has 108 valence electrons. The lowest BCUT2D eigenvalue weighted by molar-refractivity contribution is -0.134. The molecule has 1 aliphatic rings. The number of hydrogen-bond acceptors (Lipinski definition) is 2. The van der Waals surface area contributed by atoms with Crippen LogP contribution < -0.4 is 0 Å². The van der Waals surface area contributed by atoms with E-state index in [2.05, 4.69) is 31.9 Å². The molecule has 6 heteroatoms. The number of imide groups is 1. The molecule has 2 rings (SSSR count). The third-order valence-electron chi connectivity index (χ3n) is 3.93. The smallest absolute Gasteiger partial charge is 0.308 e. The Morgan fingerprint density at radius 3 is 2.10 bits per heavy atom. The molecule has 1 aromatic rings. The lowest BCUT2D eigenvalue weighted by atomic mass is 9.78. The SMILES string of the molecule is CC(C)C1(c2ccc(Br)c(Br)c2)C(=O)N(C)C(=O)N1C. The molecule has 1 heterocycles. The number of carbonyl (C=O) groups is 2. The highest BCUT2D eigenvalue weighted by atomic mass is 79.9. The summed E-state index contributed by atoms with van der Waals surface area (Å²) < 4.78 is 1.77. The van der Waals surface area contributed by atoms with Crippen LogP contribution in [0, 0.1) is 5.92 Å². The molecule has 0 spiro atoms. The summed E-state index contributed by atoms with van der Waals surface area (Å²) in [7, 11) is 3.21. The van der Waals surface area contributed by atoms with E-state index in [9.17, 15) is 9.59 Å². The van der Waals surface area contributed by atoms with Gasteiger partial charge in [-0.15, -0.1) is 0 Å². The van der Waals surface area contributed by atoms with Crippen molar-refractivity contribution in [1.29, 1.82) is 0 Å². The summed E-state index contributed by atoms with van der Waals surface area (Å²) in [5.74, 6) is -0.226. The quantitative estimate of drug-likeness (QED) is 0.708. The minimum Gasteiger partial charge on any atom is -0.308 e. The fraction of sp³-hybridized carbons (Fsp3) is 0.429. The third kappa shape index (κ3) is 1.92. The van der Waals surface area contributed by atoms with Crippen LogP contribution in [0.25, 0.3) is 0 Å². The zero-order chi connectivity index (χ0) is 15.2. The van der Waals surface area contributed by atoms with E-state index in [0.29, 0.717) is 0 Å². The molecule has 4 nitrogen and oxygen atoms in total. The first-order chi connectivity index (χ1) is 9.24. The molecule has 1 unspecified atom stereocenters. The maximum atomic E-state index is 12.7. The Morgan fingerprint density at radius 2 is 1.70 bits per heavy atom. The van der Waals surface area contributed by atoms with Crippen LogP contribution in [0.3, 0.4) is 0 Å². The van der Waals surface area contributed by atoms with Crippen molar-refractivity contribution in [3.8, 4) is 0 Å². The van der Waals surface area contributed by atoms with Gasteiger partial charge in [-0.3, -0.25) is 9.69 Å². The van der Waals surface area contributed by atoms with Gasteiger partial charge in [0.1, 0.15) is 0 Å². The molecular formula is C14H16Br2N2O2. The van der Waals surface area contributed by atoms with Crippen molar-refractivity contribution in [1.82, 2.24) is 9.80 Å². The zero-order valence-corrected chi connectivity index (χ0v) is 14.9. The normalized spacial score (nSPS) is 23.1. The Hall–Kier alpha value is -0.880. The Balaban J connectivity index is 2.70. The van der Waals surface area contributed by atoms with Crippen molar-refractivity contribution in [3.05, 3.63) is 32.7 Å². The number of halogens is 2. The number of benzene rings is 1. The van der Waals surface area contributed by atoms with E-state index < -0.39 is 5.54 Å². The highest BCUT2D eigenvalue weighted by Gasteiger charge is 2.57. The summed E-state index contributed by atoms with van der Waals surface area (Å²) in [6.07, 6.45) is 0. The second-order valence-corrected chi connectivity index (χ2v) is 6.96. The van der Waals surface area contributed by atoms with Gasteiger partial charge >= 0.3 is 6.03 Å². The number of nitrogens with zero attached hydrogens (tertiary/aromatic N) is 2. The van der Waals surface area contributed by atoms with Crippen molar-refractivity contribution in [3.63, 3.8) is 0 Å². The molecule has 3 amide bonds. The van der Waals surface area contributed by atoms with Crippen LogP contribution in [-0.2, 0) is 10.3 Å². The largest absolute Gasteiger partial charge is 0.327 e. The standard InChI is InChI=1S/C14H16Br2N2O2/c1-8(2)14(9-5-6-10(15)11(16)7-9)12(19)17(3)13(20)18(14)4/h5-8H,1-4H3. The van der Waals surface area contributed by atoms with Gasteiger partial charge in [0, 0.05) is 23.0 Å². The molecule has 1 aromatic carbocycles. The van der Waals surface area contributed by atoms with Gasteiger partial charge in [-0.25, -0.2) is 4.79 Å². The second-order valence-electron chi connectivity index (χ2n) is 5.26. The van der Waals surface area contributed by atoms with Crippen molar-refractivity contribution >= 4 is 43.8 Å². The van der Waals surface area contributed by atoms with E-state index in [4.69, 9.17) is 0 Å². The topological polar surface area (TPSA) is 40.6 Å². The third-order valence-corrected chi connectivity index (χ3v) is 5.81. The van der Waals surface area contributed by atoms with E-state index in [1.165, 1.54) is 16.8 Å². The molecule has 1 saturated heterocycles. The monoisotopic (exact) mass is 402 g/mol. The first kappa shape index (κ1) is 15.5. The number of rotatable bonds is 2. The highest BCUT2D eigenvalue weighted by Crippen LogP contribution is 2.43. The van der Waals surface area contributed by atoms with Gasteiger partial charge in [-0.2, -0.15) is 0 Å². The number of urea groups is 1. The fourth-order valence-corrected chi connectivity index (χ4v) is 3.51. The molecule has 0 radical (unpaired) electrons. The molecule has 1 fully saturated rings. The van der Waals surface area contributed by atoms with Gasteiger partial charge in [-0.05, 0) is 55.5 Å². The van der Waals surface area contributed by atoms with Crippen molar-refractivity contribution in [2.45, 2.75) is 19.4 Å². The maximum Gasteiger partial charge on any atom is 0.327 e. The van der Waals surface area contributed by atoms with Crippen LogP contribution in [0.4, 0.5) is 4.79 Å². The predicted octanol–water partition coefficient (Wildman–Crippen LogP) is 3.59. The molecular weight excluding hydrogens is 388 g/mol. The number of carbonyl (C=O) groups excluding carboxylic acids is 2. The Bertz CT molecular complexity index is 589. The van der Waals surface area contributed by atoms with Crippen LogP contribution in [0.2, 0.25) is 0 Å². The van der Waals surface area contributed by atoms with Gasteiger partial charge in [0.2, 0.25) is 0 Å². The summed E-state index contributed by atoms with van der Waals surface area (Å²) >= 11 is 6.89. The van der Waals surface area contributed by atoms with Crippen LogP contribution in [-0.4, -0.2) is 35.8 Å². The summed E-state index contributed by atoms with van der Waals surface area (Å²) in [6.45, 7) is 3.91. The van der Waals surface area contributed by atoms with E-state index in [1.807, 2.05) is 32.0 Å². The van der Waals surface area contributed by atoms with Gasteiger partial charge in [0.25, 0.3) is 5.91 Å².